The van der Waals surface area contributed by atoms with Crippen LogP contribution in [0.3, 0.4) is 0 Å². The molecule has 124 valence electrons. The highest BCUT2D eigenvalue weighted by molar-refractivity contribution is 6.30. The maximum absolute atomic E-state index is 13.3. The zero-order valence-electron chi connectivity index (χ0n) is 12.7. The van der Waals surface area contributed by atoms with Crippen LogP contribution in [-0.2, 0) is 6.54 Å². The first kappa shape index (κ1) is 15.1. The molecule has 2 aromatic heterocycles. The number of nitrogens with zero attached hydrogens (tertiary/aromatic N) is 4. The van der Waals surface area contributed by atoms with Gasteiger partial charge in [-0.15, -0.1) is 5.10 Å². The van der Waals surface area contributed by atoms with Crippen LogP contribution in [0.1, 0.15) is 19.3 Å². The molecule has 3 aromatic rings. The van der Waals surface area contributed by atoms with Crippen LogP contribution in [0.4, 0.5) is 4.39 Å². The smallest absolute Gasteiger partial charge is 0.280 e. The molecule has 2 heterocycles. The highest BCUT2D eigenvalue weighted by Gasteiger charge is 2.21. The largest absolute Gasteiger partial charge is 0.350 e. The van der Waals surface area contributed by atoms with E-state index in [0.29, 0.717) is 18.2 Å². The molecule has 0 N–H and O–H groups in total. The van der Waals surface area contributed by atoms with E-state index in [4.69, 9.17) is 11.6 Å². The van der Waals surface area contributed by atoms with Crippen molar-refractivity contribution in [3.05, 3.63) is 62.3 Å². The average molecular weight is 349 g/mol. The van der Waals surface area contributed by atoms with Crippen molar-refractivity contribution < 1.29 is 4.39 Å². The molecule has 0 saturated heterocycles. The van der Waals surface area contributed by atoms with E-state index in [9.17, 15) is 14.0 Å². The zero-order chi connectivity index (χ0) is 16.8. The topological polar surface area (TPSA) is 61.3 Å². The van der Waals surface area contributed by atoms with Crippen molar-refractivity contribution in [2.45, 2.75) is 25.8 Å². The molecule has 1 saturated carbocycles. The molecule has 0 unspecified atom stereocenters. The number of aromatic nitrogens is 4. The lowest BCUT2D eigenvalue weighted by Crippen LogP contribution is -2.28. The van der Waals surface area contributed by atoms with E-state index >= 15 is 0 Å². The first-order valence-electron chi connectivity index (χ1n) is 7.71. The number of fused-ring (bicyclic) bond motifs is 1. The van der Waals surface area contributed by atoms with Crippen LogP contribution in [0, 0.1) is 11.7 Å². The van der Waals surface area contributed by atoms with Gasteiger partial charge in [0.1, 0.15) is 5.82 Å². The third kappa shape index (κ3) is 2.36. The third-order valence-electron chi connectivity index (χ3n) is 4.48. The summed E-state index contributed by atoms with van der Waals surface area (Å²) in [5, 5.41) is 4.11. The molecule has 0 atom stereocenters. The summed E-state index contributed by atoms with van der Waals surface area (Å²) in [6.45, 7) is 0.530. The summed E-state index contributed by atoms with van der Waals surface area (Å²) in [5.41, 5.74) is -0.319. The number of halogens is 2. The summed E-state index contributed by atoms with van der Waals surface area (Å²) in [5.74, 6) is -0.110. The van der Waals surface area contributed by atoms with Crippen LogP contribution < -0.4 is 11.2 Å². The summed E-state index contributed by atoms with van der Waals surface area (Å²) >= 11 is 5.78. The van der Waals surface area contributed by atoms with E-state index in [1.54, 1.807) is 0 Å². The normalized spacial score (nSPS) is 14.9. The van der Waals surface area contributed by atoms with Crippen LogP contribution in [-0.4, -0.2) is 18.7 Å². The molecule has 24 heavy (non-hydrogen) atoms. The van der Waals surface area contributed by atoms with Crippen molar-refractivity contribution in [3.8, 4) is 5.69 Å². The van der Waals surface area contributed by atoms with E-state index in [1.807, 2.05) is 0 Å². The predicted octanol–water partition coefficient (Wildman–Crippen LogP) is 2.24. The van der Waals surface area contributed by atoms with Gasteiger partial charge in [-0.3, -0.25) is 9.36 Å². The van der Waals surface area contributed by atoms with Crippen LogP contribution in [0.2, 0.25) is 5.02 Å². The lowest BCUT2D eigenvalue weighted by Gasteiger charge is -2.24. The molecule has 1 fully saturated rings. The van der Waals surface area contributed by atoms with Gasteiger partial charge in [-0.2, -0.15) is 0 Å². The number of benzene rings is 1. The fourth-order valence-electron chi connectivity index (χ4n) is 2.89. The van der Waals surface area contributed by atoms with Gasteiger partial charge in [0, 0.05) is 18.9 Å². The van der Waals surface area contributed by atoms with Gasteiger partial charge >= 0.3 is 11.2 Å². The summed E-state index contributed by atoms with van der Waals surface area (Å²) in [6.07, 6.45) is 6.28. The van der Waals surface area contributed by atoms with Crippen molar-refractivity contribution in [2.24, 2.45) is 5.92 Å². The van der Waals surface area contributed by atoms with Gasteiger partial charge in [0.15, 0.2) is 0 Å². The van der Waals surface area contributed by atoms with E-state index in [-0.39, 0.29) is 16.4 Å². The highest BCUT2D eigenvalue weighted by Crippen LogP contribution is 2.27. The summed E-state index contributed by atoms with van der Waals surface area (Å²) < 4.78 is 17.2. The zero-order valence-corrected chi connectivity index (χ0v) is 13.4. The minimum atomic E-state index is -0.560. The minimum absolute atomic E-state index is 0.0438. The number of hydrogen-bond donors (Lipinski definition) is 0. The van der Waals surface area contributed by atoms with E-state index in [1.165, 1.54) is 50.7 Å². The fourth-order valence-corrected chi connectivity index (χ4v) is 3.06. The van der Waals surface area contributed by atoms with Crippen molar-refractivity contribution in [3.63, 3.8) is 0 Å². The summed E-state index contributed by atoms with van der Waals surface area (Å²) in [4.78, 5) is 25.0. The molecule has 1 aliphatic rings. The first-order valence-corrected chi connectivity index (χ1v) is 8.08. The quantitative estimate of drug-likeness (QED) is 0.729. The Bertz CT molecular complexity index is 1050. The molecular formula is C16H14ClFN4O2. The Labute approximate surface area is 140 Å². The Morgan fingerprint density at radius 2 is 2.04 bits per heavy atom. The summed E-state index contributed by atoms with van der Waals surface area (Å²) in [6, 6.07) is 4.00. The second kappa shape index (κ2) is 5.59. The molecule has 6 nitrogen and oxygen atoms in total. The van der Waals surface area contributed by atoms with E-state index in [2.05, 4.69) is 5.10 Å². The van der Waals surface area contributed by atoms with Gasteiger partial charge in [-0.1, -0.05) is 18.0 Å². The molecule has 1 aromatic carbocycles. The second-order valence-corrected chi connectivity index (χ2v) is 6.43. The lowest BCUT2D eigenvalue weighted by molar-refractivity contribution is 0.263. The molecule has 0 aliphatic heterocycles. The molecule has 0 spiro atoms. The van der Waals surface area contributed by atoms with Gasteiger partial charge < -0.3 is 0 Å². The van der Waals surface area contributed by atoms with Gasteiger partial charge in [-0.25, -0.2) is 18.3 Å². The Morgan fingerprint density at radius 3 is 2.71 bits per heavy atom. The SMILES string of the molecule is O=c1c2nn(CC3CCC3)c(=O)n2ccn1-c1ccc(F)c(Cl)c1. The molecule has 0 bridgehead atoms. The number of rotatable bonds is 3. The van der Waals surface area contributed by atoms with Gasteiger partial charge in [-0.05, 0) is 37.0 Å². The standard InChI is InChI=1S/C16H14ClFN4O2/c17-12-8-11(4-5-13(12)18)20-6-7-21-14(15(20)23)19-22(16(21)24)9-10-2-1-3-10/h4-8,10H,1-3,9H2. The molecule has 8 heteroatoms. The van der Waals surface area contributed by atoms with Gasteiger partial charge in [0.25, 0.3) is 0 Å². The molecule has 0 amide bonds. The van der Waals surface area contributed by atoms with Crippen molar-refractivity contribution in [1.29, 1.82) is 0 Å². The van der Waals surface area contributed by atoms with Crippen LogP contribution >= 0.6 is 11.6 Å². The van der Waals surface area contributed by atoms with Crippen molar-refractivity contribution in [2.75, 3.05) is 0 Å². The Hall–Kier alpha value is -2.41. The van der Waals surface area contributed by atoms with Crippen molar-refractivity contribution in [1.82, 2.24) is 18.7 Å². The predicted molar refractivity (Wildman–Crippen MR) is 87.4 cm³/mol. The highest BCUT2D eigenvalue weighted by atomic mass is 35.5. The summed E-state index contributed by atoms with van der Waals surface area (Å²) in [7, 11) is 0. The fraction of sp³-hybridized carbons (Fsp3) is 0.312. The Morgan fingerprint density at radius 1 is 1.25 bits per heavy atom. The lowest BCUT2D eigenvalue weighted by atomic mass is 9.86. The monoisotopic (exact) mass is 348 g/mol. The number of hydrogen-bond acceptors (Lipinski definition) is 3. The molecule has 4 rings (SSSR count). The van der Waals surface area contributed by atoms with Crippen molar-refractivity contribution >= 4 is 17.2 Å². The van der Waals surface area contributed by atoms with E-state index in [0.717, 1.165) is 12.8 Å². The molecule has 0 radical (unpaired) electrons. The van der Waals surface area contributed by atoms with E-state index < -0.39 is 11.4 Å². The third-order valence-corrected chi connectivity index (χ3v) is 4.77. The van der Waals surface area contributed by atoms with Gasteiger partial charge in [0.05, 0.1) is 10.7 Å². The molecular weight excluding hydrogens is 335 g/mol. The first-order chi connectivity index (χ1) is 11.5. The molecule has 1 aliphatic carbocycles. The second-order valence-electron chi connectivity index (χ2n) is 6.03. The minimum Gasteiger partial charge on any atom is -0.280 e. The van der Waals surface area contributed by atoms with Crippen LogP contribution in [0.15, 0.2) is 40.2 Å². The van der Waals surface area contributed by atoms with Crippen LogP contribution in [0.25, 0.3) is 11.3 Å². The average Bonchev–Trinajstić information content (AvgIpc) is 2.84. The Kier molecular flexibility index (Phi) is 3.53. The van der Waals surface area contributed by atoms with Gasteiger partial charge in [0.2, 0.25) is 5.65 Å². The van der Waals surface area contributed by atoms with Crippen LogP contribution in [0.5, 0.6) is 0 Å². The Balaban J connectivity index is 1.83. The maximum atomic E-state index is 13.3. The maximum Gasteiger partial charge on any atom is 0.350 e.